The minimum atomic E-state index is -0.578. The standard InChI is InChI=1S/C17H15ClN4O3S/c1-10(8-23)20-16(24)14-6-15(11-2-4-12(18)5-3-11)21-22(17(14)25)13-7-19-26-9-13/h2-7,9-10,23H,8H2,1H3,(H,20,24). The van der Waals surface area contributed by atoms with Gasteiger partial charge in [-0.2, -0.15) is 14.2 Å². The van der Waals surface area contributed by atoms with Gasteiger partial charge in [0, 0.05) is 22.0 Å². The van der Waals surface area contributed by atoms with Gasteiger partial charge in [0.2, 0.25) is 0 Å². The highest BCUT2D eigenvalue weighted by molar-refractivity contribution is 7.03. The number of hydrogen-bond donors (Lipinski definition) is 2. The maximum atomic E-state index is 12.7. The van der Waals surface area contributed by atoms with E-state index in [1.807, 2.05) is 0 Å². The molecule has 0 aliphatic carbocycles. The van der Waals surface area contributed by atoms with E-state index in [4.69, 9.17) is 16.7 Å². The maximum absolute atomic E-state index is 12.7. The summed E-state index contributed by atoms with van der Waals surface area (Å²) in [6, 6.07) is 7.86. The Labute approximate surface area is 158 Å². The van der Waals surface area contributed by atoms with Gasteiger partial charge in [-0.3, -0.25) is 9.59 Å². The Morgan fingerprint density at radius 2 is 2.12 bits per heavy atom. The van der Waals surface area contributed by atoms with Crippen molar-refractivity contribution in [3.63, 3.8) is 0 Å². The Kier molecular flexibility index (Phi) is 5.46. The van der Waals surface area contributed by atoms with Crippen LogP contribution in [0.2, 0.25) is 5.02 Å². The lowest BCUT2D eigenvalue weighted by Gasteiger charge is -2.13. The summed E-state index contributed by atoms with van der Waals surface area (Å²) in [6.45, 7) is 1.41. The maximum Gasteiger partial charge on any atom is 0.284 e. The van der Waals surface area contributed by atoms with E-state index in [9.17, 15) is 9.59 Å². The molecular formula is C17H15ClN4O3S. The third-order valence-electron chi connectivity index (χ3n) is 3.61. The normalized spacial score (nSPS) is 12.0. The molecule has 0 radical (unpaired) electrons. The van der Waals surface area contributed by atoms with Crippen LogP contribution in [0.3, 0.4) is 0 Å². The largest absolute Gasteiger partial charge is 0.394 e. The molecule has 1 amide bonds. The second-order valence-electron chi connectivity index (χ2n) is 5.61. The summed E-state index contributed by atoms with van der Waals surface area (Å²) in [5.74, 6) is -0.578. The average molecular weight is 391 g/mol. The van der Waals surface area contributed by atoms with E-state index in [2.05, 4.69) is 14.8 Å². The molecular weight excluding hydrogens is 376 g/mol. The summed E-state index contributed by atoms with van der Waals surface area (Å²) in [4.78, 5) is 25.2. The van der Waals surface area contributed by atoms with Crippen molar-refractivity contribution in [3.05, 3.63) is 62.8 Å². The number of halogens is 1. The van der Waals surface area contributed by atoms with E-state index in [1.54, 1.807) is 36.6 Å². The average Bonchev–Trinajstić information content (AvgIpc) is 3.17. The van der Waals surface area contributed by atoms with Crippen LogP contribution < -0.4 is 10.9 Å². The Hall–Kier alpha value is -2.55. The number of aliphatic hydroxyl groups is 1. The SMILES string of the molecule is CC(CO)NC(=O)c1cc(-c2ccc(Cl)cc2)nn(-c2cnsc2)c1=O. The molecule has 3 rings (SSSR count). The van der Waals surface area contributed by atoms with Crippen LogP contribution in [0.4, 0.5) is 0 Å². The van der Waals surface area contributed by atoms with E-state index in [-0.39, 0.29) is 12.2 Å². The van der Waals surface area contributed by atoms with Crippen molar-refractivity contribution in [2.24, 2.45) is 0 Å². The minimum Gasteiger partial charge on any atom is -0.394 e. The molecule has 0 saturated carbocycles. The molecule has 134 valence electrons. The number of carbonyl (C=O) groups excluding carboxylic acids is 1. The van der Waals surface area contributed by atoms with Crippen LogP contribution in [0.25, 0.3) is 16.9 Å². The number of nitrogens with zero attached hydrogens (tertiary/aromatic N) is 3. The van der Waals surface area contributed by atoms with Crippen LogP contribution in [0.15, 0.2) is 46.7 Å². The third-order valence-corrected chi connectivity index (χ3v) is 4.44. The summed E-state index contributed by atoms with van der Waals surface area (Å²) >= 11 is 7.10. The molecule has 0 bridgehead atoms. The zero-order chi connectivity index (χ0) is 18.7. The summed E-state index contributed by atoms with van der Waals surface area (Å²) in [6.07, 6.45) is 1.50. The monoisotopic (exact) mass is 390 g/mol. The minimum absolute atomic E-state index is 0.0727. The summed E-state index contributed by atoms with van der Waals surface area (Å²) in [5.41, 5.74) is 0.979. The molecule has 0 fully saturated rings. The zero-order valence-corrected chi connectivity index (χ0v) is 15.3. The van der Waals surface area contributed by atoms with Crippen LogP contribution in [0, 0.1) is 0 Å². The van der Waals surface area contributed by atoms with Crippen LogP contribution >= 0.6 is 23.1 Å². The zero-order valence-electron chi connectivity index (χ0n) is 13.7. The van der Waals surface area contributed by atoms with Gasteiger partial charge >= 0.3 is 0 Å². The van der Waals surface area contributed by atoms with Gasteiger partial charge in [0.25, 0.3) is 11.5 Å². The van der Waals surface area contributed by atoms with Gasteiger partial charge in [-0.25, -0.2) is 0 Å². The Balaban J connectivity index is 2.15. The fourth-order valence-corrected chi connectivity index (χ4v) is 2.87. The number of rotatable bonds is 5. The van der Waals surface area contributed by atoms with Crippen molar-refractivity contribution >= 4 is 29.0 Å². The van der Waals surface area contributed by atoms with Gasteiger partial charge in [-0.1, -0.05) is 23.7 Å². The van der Waals surface area contributed by atoms with Crippen LogP contribution in [0.1, 0.15) is 17.3 Å². The van der Waals surface area contributed by atoms with Crippen molar-refractivity contribution < 1.29 is 9.90 Å². The highest BCUT2D eigenvalue weighted by atomic mass is 35.5. The topological polar surface area (TPSA) is 97.1 Å². The smallest absolute Gasteiger partial charge is 0.284 e. The van der Waals surface area contributed by atoms with Crippen molar-refractivity contribution in [1.82, 2.24) is 19.5 Å². The molecule has 3 aromatic rings. The molecule has 1 aromatic carbocycles. The first-order valence-electron chi connectivity index (χ1n) is 7.71. The predicted molar refractivity (Wildman–Crippen MR) is 100.0 cm³/mol. The van der Waals surface area contributed by atoms with Crippen LogP contribution in [-0.2, 0) is 0 Å². The summed E-state index contributed by atoms with van der Waals surface area (Å²) in [7, 11) is 0. The summed E-state index contributed by atoms with van der Waals surface area (Å²) in [5, 5.41) is 18.3. The Morgan fingerprint density at radius 3 is 2.73 bits per heavy atom. The molecule has 1 atom stereocenters. The van der Waals surface area contributed by atoms with E-state index >= 15 is 0 Å². The van der Waals surface area contributed by atoms with E-state index in [0.717, 1.165) is 4.68 Å². The van der Waals surface area contributed by atoms with E-state index < -0.39 is 17.5 Å². The Bertz CT molecular complexity index is 971. The number of carbonyl (C=O) groups is 1. The second kappa shape index (κ2) is 7.77. The fourth-order valence-electron chi connectivity index (χ4n) is 2.25. The van der Waals surface area contributed by atoms with Gasteiger partial charge < -0.3 is 10.4 Å². The first kappa shape index (κ1) is 18.2. The number of hydrogen-bond acceptors (Lipinski definition) is 6. The number of amides is 1. The quantitative estimate of drug-likeness (QED) is 0.695. The highest BCUT2D eigenvalue weighted by Crippen LogP contribution is 2.20. The highest BCUT2D eigenvalue weighted by Gasteiger charge is 2.19. The van der Waals surface area contributed by atoms with Crippen molar-refractivity contribution in [3.8, 4) is 16.9 Å². The molecule has 26 heavy (non-hydrogen) atoms. The molecule has 0 aliphatic heterocycles. The van der Waals surface area contributed by atoms with E-state index in [0.29, 0.717) is 22.0 Å². The lowest BCUT2D eigenvalue weighted by atomic mass is 10.1. The van der Waals surface area contributed by atoms with Gasteiger partial charge in [0.1, 0.15) is 5.56 Å². The molecule has 9 heteroatoms. The lowest BCUT2D eigenvalue weighted by molar-refractivity contribution is 0.0920. The first-order valence-corrected chi connectivity index (χ1v) is 8.93. The fraction of sp³-hybridized carbons (Fsp3) is 0.176. The summed E-state index contributed by atoms with van der Waals surface area (Å²) < 4.78 is 5.13. The Morgan fingerprint density at radius 1 is 1.38 bits per heavy atom. The van der Waals surface area contributed by atoms with Crippen molar-refractivity contribution in [2.45, 2.75) is 13.0 Å². The van der Waals surface area contributed by atoms with Gasteiger partial charge in [0.05, 0.1) is 24.2 Å². The molecule has 0 spiro atoms. The van der Waals surface area contributed by atoms with Crippen LogP contribution in [-0.4, -0.2) is 37.8 Å². The number of benzene rings is 1. The van der Waals surface area contributed by atoms with Crippen molar-refractivity contribution in [2.75, 3.05) is 6.61 Å². The van der Waals surface area contributed by atoms with Gasteiger partial charge in [-0.05, 0) is 36.7 Å². The third kappa shape index (κ3) is 3.82. The van der Waals surface area contributed by atoms with Crippen LogP contribution in [0.5, 0.6) is 0 Å². The van der Waals surface area contributed by atoms with Gasteiger partial charge in [0.15, 0.2) is 0 Å². The number of aliphatic hydroxyl groups excluding tert-OH is 1. The van der Waals surface area contributed by atoms with Gasteiger partial charge in [-0.15, -0.1) is 0 Å². The molecule has 2 N–H and O–H groups in total. The molecule has 2 aromatic heterocycles. The lowest BCUT2D eigenvalue weighted by Crippen LogP contribution is -2.39. The van der Waals surface area contributed by atoms with E-state index in [1.165, 1.54) is 23.8 Å². The molecule has 2 heterocycles. The van der Waals surface area contributed by atoms with Crippen molar-refractivity contribution in [1.29, 1.82) is 0 Å². The number of nitrogens with one attached hydrogen (secondary N) is 1. The molecule has 1 unspecified atom stereocenters. The molecule has 0 aliphatic rings. The second-order valence-corrected chi connectivity index (χ2v) is 6.70. The predicted octanol–water partition coefficient (Wildman–Crippen LogP) is 2.12. The first-order chi connectivity index (χ1) is 12.5. The molecule has 7 nitrogen and oxygen atoms in total. The number of aromatic nitrogens is 3. The molecule has 0 saturated heterocycles.